The Morgan fingerprint density at radius 1 is 0.381 bits per heavy atom. The number of hydrogen-bond donors (Lipinski definition) is 0. The SMILES string of the molecule is c1ccc(-c2nc(-c3ccccc3)nc(-c3ccc(-c4cccc5c4C4(CCCCC4)c4ccccc4-5)cc3)n2)cc1. The maximum Gasteiger partial charge on any atom is 0.164 e. The number of nitrogens with zero attached hydrogens (tertiary/aromatic N) is 3. The first kappa shape index (κ1) is 24.9. The Balaban J connectivity index is 1.23. The smallest absolute Gasteiger partial charge is 0.164 e. The highest BCUT2D eigenvalue weighted by Gasteiger charge is 2.44. The molecule has 1 heterocycles. The molecule has 3 heteroatoms. The van der Waals surface area contributed by atoms with Gasteiger partial charge in [-0.05, 0) is 46.2 Å². The average Bonchev–Trinajstić information content (AvgIpc) is 3.35. The third-order valence-electron chi connectivity index (χ3n) is 9.14. The molecule has 202 valence electrons. The number of hydrogen-bond acceptors (Lipinski definition) is 3. The summed E-state index contributed by atoms with van der Waals surface area (Å²) in [6.45, 7) is 0. The maximum atomic E-state index is 4.93. The number of aromatic nitrogens is 3. The highest BCUT2D eigenvalue weighted by molar-refractivity contribution is 5.89. The van der Waals surface area contributed by atoms with Crippen molar-refractivity contribution in [3.05, 3.63) is 139 Å². The molecule has 0 bridgehead atoms. The van der Waals surface area contributed by atoms with Crippen molar-refractivity contribution in [1.82, 2.24) is 15.0 Å². The van der Waals surface area contributed by atoms with Gasteiger partial charge in [0, 0.05) is 22.1 Å². The van der Waals surface area contributed by atoms with Crippen LogP contribution in [-0.4, -0.2) is 15.0 Å². The second-order valence-electron chi connectivity index (χ2n) is 11.5. The lowest BCUT2D eigenvalue weighted by atomic mass is 9.66. The molecular weight excluding hydrogens is 510 g/mol. The molecule has 3 nitrogen and oxygen atoms in total. The lowest BCUT2D eigenvalue weighted by molar-refractivity contribution is 0.353. The number of benzene rings is 5. The van der Waals surface area contributed by atoms with Crippen molar-refractivity contribution in [1.29, 1.82) is 0 Å². The van der Waals surface area contributed by atoms with Crippen molar-refractivity contribution in [3.63, 3.8) is 0 Å². The molecule has 8 rings (SSSR count). The molecule has 5 aromatic carbocycles. The van der Waals surface area contributed by atoms with Crippen LogP contribution in [0.15, 0.2) is 127 Å². The van der Waals surface area contributed by atoms with E-state index in [1.807, 2.05) is 60.7 Å². The van der Waals surface area contributed by atoms with Gasteiger partial charge in [0.25, 0.3) is 0 Å². The zero-order chi connectivity index (χ0) is 27.9. The van der Waals surface area contributed by atoms with Gasteiger partial charge in [0.15, 0.2) is 17.5 Å². The fraction of sp³-hybridized carbons (Fsp3) is 0.154. The van der Waals surface area contributed by atoms with Crippen molar-refractivity contribution in [3.8, 4) is 56.4 Å². The van der Waals surface area contributed by atoms with Crippen LogP contribution in [0.1, 0.15) is 43.2 Å². The minimum atomic E-state index is 0.114. The molecule has 1 saturated carbocycles. The van der Waals surface area contributed by atoms with Gasteiger partial charge in [0.05, 0.1) is 0 Å². The van der Waals surface area contributed by atoms with Gasteiger partial charge in [0.1, 0.15) is 0 Å². The topological polar surface area (TPSA) is 38.7 Å². The summed E-state index contributed by atoms with van der Waals surface area (Å²) in [5, 5.41) is 0. The molecule has 42 heavy (non-hydrogen) atoms. The van der Waals surface area contributed by atoms with Crippen molar-refractivity contribution in [2.75, 3.05) is 0 Å². The molecule has 0 unspecified atom stereocenters. The first-order valence-electron chi connectivity index (χ1n) is 15.0. The van der Waals surface area contributed by atoms with E-state index in [9.17, 15) is 0 Å². The molecule has 0 N–H and O–H groups in total. The summed E-state index contributed by atoms with van der Waals surface area (Å²) in [5.74, 6) is 2.05. The standard InChI is InChI=1S/C39H31N3/c1-4-13-28(14-5-1)36-40-37(29-15-6-2-7-16-29)42-38(41-36)30-23-21-27(22-24-30)31-18-12-19-33-32-17-8-9-20-34(32)39(35(31)33)25-10-3-11-26-39/h1-2,4-9,12-24H,3,10-11,25-26H2. The Bertz CT molecular complexity index is 1830. The Labute approximate surface area is 247 Å². The third kappa shape index (κ3) is 4.08. The van der Waals surface area contributed by atoms with E-state index in [0.29, 0.717) is 17.5 Å². The van der Waals surface area contributed by atoms with Gasteiger partial charge in [0.2, 0.25) is 0 Å². The first-order valence-corrected chi connectivity index (χ1v) is 15.0. The minimum Gasteiger partial charge on any atom is -0.208 e. The van der Waals surface area contributed by atoms with Crippen LogP contribution in [-0.2, 0) is 5.41 Å². The van der Waals surface area contributed by atoms with Crippen molar-refractivity contribution in [2.24, 2.45) is 0 Å². The lowest BCUT2D eigenvalue weighted by Gasteiger charge is -2.37. The van der Waals surface area contributed by atoms with E-state index in [4.69, 9.17) is 15.0 Å². The van der Waals surface area contributed by atoms with Crippen LogP contribution in [0.3, 0.4) is 0 Å². The van der Waals surface area contributed by atoms with Crippen molar-refractivity contribution in [2.45, 2.75) is 37.5 Å². The van der Waals surface area contributed by atoms with Gasteiger partial charge in [-0.1, -0.05) is 147 Å². The minimum absolute atomic E-state index is 0.114. The first-order chi connectivity index (χ1) is 20.8. The van der Waals surface area contributed by atoms with Gasteiger partial charge in [-0.2, -0.15) is 0 Å². The molecule has 2 aliphatic rings. The number of rotatable bonds is 4. The zero-order valence-corrected chi connectivity index (χ0v) is 23.5. The molecule has 0 amide bonds. The predicted octanol–water partition coefficient (Wildman–Crippen LogP) is 9.77. The van der Waals surface area contributed by atoms with Gasteiger partial charge < -0.3 is 0 Å². The molecule has 1 fully saturated rings. The Morgan fingerprint density at radius 3 is 1.48 bits per heavy atom. The summed E-state index contributed by atoms with van der Waals surface area (Å²) < 4.78 is 0. The largest absolute Gasteiger partial charge is 0.208 e. The van der Waals surface area contributed by atoms with E-state index in [2.05, 4.69) is 66.7 Å². The Hall–Kier alpha value is -4.89. The van der Waals surface area contributed by atoms with Gasteiger partial charge in [-0.25, -0.2) is 15.0 Å². The molecule has 2 aliphatic carbocycles. The molecule has 0 radical (unpaired) electrons. The molecule has 6 aromatic rings. The van der Waals surface area contributed by atoms with E-state index in [-0.39, 0.29) is 5.41 Å². The van der Waals surface area contributed by atoms with Crippen LogP contribution >= 0.6 is 0 Å². The molecule has 0 aliphatic heterocycles. The van der Waals surface area contributed by atoms with Crippen molar-refractivity contribution >= 4 is 0 Å². The van der Waals surface area contributed by atoms with E-state index in [0.717, 1.165) is 16.7 Å². The molecule has 1 aromatic heterocycles. The molecule has 1 spiro atoms. The van der Waals surface area contributed by atoms with Crippen LogP contribution < -0.4 is 0 Å². The fourth-order valence-electron chi connectivity index (χ4n) is 7.21. The fourth-order valence-corrected chi connectivity index (χ4v) is 7.21. The quantitative estimate of drug-likeness (QED) is 0.223. The summed E-state index contributed by atoms with van der Waals surface area (Å²) in [5.41, 5.74) is 11.5. The van der Waals surface area contributed by atoms with Crippen molar-refractivity contribution < 1.29 is 0 Å². The van der Waals surface area contributed by atoms with Crippen LogP contribution in [0, 0.1) is 0 Å². The van der Waals surface area contributed by atoms with Gasteiger partial charge in [-0.3, -0.25) is 0 Å². The van der Waals surface area contributed by atoms with Crippen LogP contribution in [0.4, 0.5) is 0 Å². The van der Waals surface area contributed by atoms with E-state index >= 15 is 0 Å². The second-order valence-corrected chi connectivity index (χ2v) is 11.5. The third-order valence-corrected chi connectivity index (χ3v) is 9.14. The van der Waals surface area contributed by atoms with Crippen LogP contribution in [0.25, 0.3) is 56.4 Å². The van der Waals surface area contributed by atoms with Crippen LogP contribution in [0.2, 0.25) is 0 Å². The summed E-state index contributed by atoms with van der Waals surface area (Å²) >= 11 is 0. The average molecular weight is 542 g/mol. The summed E-state index contributed by atoms with van der Waals surface area (Å²) in [6.07, 6.45) is 6.35. The normalized spacial score (nSPS) is 14.9. The molecule has 0 saturated heterocycles. The van der Waals surface area contributed by atoms with Gasteiger partial charge in [-0.15, -0.1) is 0 Å². The summed E-state index contributed by atoms with van der Waals surface area (Å²) in [6, 6.07) is 45.1. The lowest BCUT2D eigenvalue weighted by Crippen LogP contribution is -2.28. The van der Waals surface area contributed by atoms with Crippen LogP contribution in [0.5, 0.6) is 0 Å². The second kappa shape index (κ2) is 10.2. The van der Waals surface area contributed by atoms with E-state index in [1.54, 1.807) is 0 Å². The predicted molar refractivity (Wildman–Crippen MR) is 171 cm³/mol. The monoisotopic (exact) mass is 541 g/mol. The molecular formula is C39H31N3. The maximum absolute atomic E-state index is 4.93. The summed E-state index contributed by atoms with van der Waals surface area (Å²) in [7, 11) is 0. The summed E-state index contributed by atoms with van der Waals surface area (Å²) in [4.78, 5) is 14.7. The zero-order valence-electron chi connectivity index (χ0n) is 23.5. The number of fused-ring (bicyclic) bond motifs is 5. The van der Waals surface area contributed by atoms with Gasteiger partial charge >= 0.3 is 0 Å². The Kier molecular flexibility index (Phi) is 6.03. The highest BCUT2D eigenvalue weighted by atomic mass is 15.0. The Morgan fingerprint density at radius 2 is 0.857 bits per heavy atom. The highest BCUT2D eigenvalue weighted by Crippen LogP contribution is 2.58. The van der Waals surface area contributed by atoms with E-state index < -0.39 is 0 Å². The molecule has 0 atom stereocenters. The van der Waals surface area contributed by atoms with E-state index in [1.165, 1.54) is 65.5 Å².